The van der Waals surface area contributed by atoms with Crippen LogP contribution in [0.5, 0.6) is 11.5 Å². The van der Waals surface area contributed by atoms with Crippen LogP contribution in [0.4, 0.5) is 4.39 Å². The maximum atomic E-state index is 13.7. The van der Waals surface area contributed by atoms with E-state index >= 15 is 0 Å². The zero-order valence-electron chi connectivity index (χ0n) is 13.2. The molecule has 0 saturated heterocycles. The predicted octanol–water partition coefficient (Wildman–Crippen LogP) is 1.89. The summed E-state index contributed by atoms with van der Waals surface area (Å²) in [4.78, 5) is 10.2. The summed E-state index contributed by atoms with van der Waals surface area (Å²) in [6.45, 7) is -0.136. The third-order valence-electron chi connectivity index (χ3n) is 3.17. The number of carbonyl (C=O) groups is 1. The molecule has 0 radical (unpaired) electrons. The smallest absolute Gasteiger partial charge is 0.335 e. The first-order valence-corrected chi connectivity index (χ1v) is 8.61. The summed E-state index contributed by atoms with van der Waals surface area (Å²) in [6.07, 6.45) is 0. The van der Waals surface area contributed by atoms with Crippen LogP contribution in [0.3, 0.4) is 0 Å². The Morgan fingerprint density at radius 1 is 1.20 bits per heavy atom. The van der Waals surface area contributed by atoms with Crippen LogP contribution in [0.15, 0.2) is 47.4 Å². The summed E-state index contributed by atoms with van der Waals surface area (Å²) < 4.78 is 50.5. The van der Waals surface area contributed by atoms with Crippen molar-refractivity contribution in [2.45, 2.75) is 4.90 Å². The maximum absolute atomic E-state index is 13.7. The second-order valence-corrected chi connectivity index (χ2v) is 6.61. The minimum Gasteiger partial charge on any atom is -0.497 e. The molecule has 0 unspecified atom stereocenters. The number of hydrogen-bond acceptors (Lipinski definition) is 5. The lowest BCUT2D eigenvalue weighted by Gasteiger charge is -2.10. The molecule has 0 aliphatic rings. The van der Waals surface area contributed by atoms with Crippen molar-refractivity contribution in [3.8, 4) is 11.5 Å². The molecule has 0 atom stereocenters. The standard InChI is InChI=1S/C16H16FNO6S/c1-23-12-3-2-4-13(10-12)24-8-7-18-25(21,22)15-9-11(16(19)20)5-6-14(15)17/h2-6,9-10,18H,7-8H2,1H3,(H,19,20). The quantitative estimate of drug-likeness (QED) is 0.689. The molecule has 2 aromatic carbocycles. The molecule has 9 heteroatoms. The Morgan fingerprint density at radius 2 is 1.92 bits per heavy atom. The molecular formula is C16H16FNO6S. The second-order valence-electron chi connectivity index (χ2n) is 4.88. The molecule has 0 heterocycles. The molecule has 0 bridgehead atoms. The molecule has 7 nitrogen and oxygen atoms in total. The number of nitrogens with one attached hydrogen (secondary N) is 1. The molecule has 2 aromatic rings. The molecule has 0 aliphatic carbocycles. The average Bonchev–Trinajstić information content (AvgIpc) is 2.59. The summed E-state index contributed by atoms with van der Waals surface area (Å²) in [5, 5.41) is 8.88. The number of halogens is 1. The molecule has 0 spiro atoms. The van der Waals surface area contributed by atoms with Gasteiger partial charge in [0.05, 0.1) is 12.7 Å². The Balaban J connectivity index is 2.00. The largest absolute Gasteiger partial charge is 0.497 e. The SMILES string of the molecule is COc1cccc(OCCNS(=O)(=O)c2cc(C(=O)O)ccc2F)c1. The topological polar surface area (TPSA) is 102 Å². The van der Waals surface area contributed by atoms with Crippen LogP contribution < -0.4 is 14.2 Å². The highest BCUT2D eigenvalue weighted by Gasteiger charge is 2.20. The van der Waals surface area contributed by atoms with E-state index in [1.165, 1.54) is 7.11 Å². The van der Waals surface area contributed by atoms with Crippen LogP contribution in [-0.4, -0.2) is 39.8 Å². The maximum Gasteiger partial charge on any atom is 0.335 e. The molecule has 0 amide bonds. The van der Waals surface area contributed by atoms with Crippen molar-refractivity contribution in [2.24, 2.45) is 0 Å². The van der Waals surface area contributed by atoms with Gasteiger partial charge in [0.1, 0.15) is 28.8 Å². The van der Waals surface area contributed by atoms with Crippen LogP contribution in [0.25, 0.3) is 0 Å². The third kappa shape index (κ3) is 4.91. The van der Waals surface area contributed by atoms with Crippen molar-refractivity contribution in [3.63, 3.8) is 0 Å². The minimum atomic E-state index is -4.21. The summed E-state index contributed by atoms with van der Waals surface area (Å²) in [5.74, 6) is -1.31. The first kappa shape index (κ1) is 18.7. The lowest BCUT2D eigenvalue weighted by atomic mass is 10.2. The van der Waals surface area contributed by atoms with Gasteiger partial charge in [-0.15, -0.1) is 0 Å². The Hall–Kier alpha value is -2.65. The first-order chi connectivity index (χ1) is 11.8. The average molecular weight is 369 g/mol. The molecular weight excluding hydrogens is 353 g/mol. The van der Waals surface area contributed by atoms with E-state index in [4.69, 9.17) is 14.6 Å². The molecule has 2 rings (SSSR count). The van der Waals surface area contributed by atoms with Crippen LogP contribution in [-0.2, 0) is 10.0 Å². The highest BCUT2D eigenvalue weighted by atomic mass is 32.2. The number of benzene rings is 2. The highest BCUT2D eigenvalue weighted by Crippen LogP contribution is 2.19. The van der Waals surface area contributed by atoms with E-state index in [0.717, 1.165) is 18.2 Å². The van der Waals surface area contributed by atoms with Gasteiger partial charge >= 0.3 is 5.97 Å². The van der Waals surface area contributed by atoms with Crippen molar-refractivity contribution in [1.82, 2.24) is 4.72 Å². The minimum absolute atomic E-state index is 0.00730. The predicted molar refractivity (Wildman–Crippen MR) is 87.0 cm³/mol. The number of carboxylic acids is 1. The second kappa shape index (κ2) is 7.95. The number of sulfonamides is 1. The summed E-state index contributed by atoms with van der Waals surface area (Å²) in [6, 6.07) is 9.30. The Bertz CT molecular complexity index is 869. The number of carboxylic acid groups (broad SMARTS) is 1. The van der Waals surface area contributed by atoms with Crippen molar-refractivity contribution < 1.29 is 32.2 Å². The van der Waals surface area contributed by atoms with Crippen LogP contribution in [0.1, 0.15) is 10.4 Å². The van der Waals surface area contributed by atoms with Crippen molar-refractivity contribution in [2.75, 3.05) is 20.3 Å². The van der Waals surface area contributed by atoms with Crippen LogP contribution >= 0.6 is 0 Å². The highest BCUT2D eigenvalue weighted by molar-refractivity contribution is 7.89. The third-order valence-corrected chi connectivity index (χ3v) is 4.65. The number of hydrogen-bond donors (Lipinski definition) is 2. The molecule has 25 heavy (non-hydrogen) atoms. The van der Waals surface area contributed by atoms with E-state index in [1.54, 1.807) is 24.3 Å². The normalized spacial score (nSPS) is 11.1. The zero-order chi connectivity index (χ0) is 18.4. The Morgan fingerprint density at radius 3 is 2.60 bits per heavy atom. The van der Waals surface area contributed by atoms with Crippen LogP contribution in [0.2, 0.25) is 0 Å². The van der Waals surface area contributed by atoms with Crippen LogP contribution in [0, 0.1) is 5.82 Å². The lowest BCUT2D eigenvalue weighted by Crippen LogP contribution is -2.29. The van der Waals surface area contributed by atoms with Gasteiger partial charge in [-0.05, 0) is 30.3 Å². The fourth-order valence-corrected chi connectivity index (χ4v) is 3.07. The molecule has 0 fully saturated rings. The molecule has 134 valence electrons. The number of aromatic carboxylic acids is 1. The van der Waals surface area contributed by atoms with Gasteiger partial charge in [0.15, 0.2) is 0 Å². The Kier molecular flexibility index (Phi) is 5.94. The van der Waals surface area contributed by atoms with Crippen molar-refractivity contribution >= 4 is 16.0 Å². The van der Waals surface area contributed by atoms with E-state index in [-0.39, 0.29) is 18.7 Å². The summed E-state index contributed by atoms with van der Waals surface area (Å²) in [5.41, 5.74) is -0.325. The molecule has 0 aliphatic heterocycles. The van der Waals surface area contributed by atoms with E-state index in [1.807, 2.05) is 0 Å². The monoisotopic (exact) mass is 369 g/mol. The zero-order valence-corrected chi connectivity index (χ0v) is 14.0. The lowest BCUT2D eigenvalue weighted by molar-refractivity contribution is 0.0696. The van der Waals surface area contributed by atoms with E-state index in [2.05, 4.69) is 4.72 Å². The van der Waals surface area contributed by atoms with Crippen molar-refractivity contribution in [1.29, 1.82) is 0 Å². The van der Waals surface area contributed by atoms with Gasteiger partial charge in [-0.25, -0.2) is 22.3 Å². The Labute approximate surface area is 144 Å². The molecule has 0 aromatic heterocycles. The van der Waals surface area contributed by atoms with E-state index in [0.29, 0.717) is 11.5 Å². The number of ether oxygens (including phenoxy) is 2. The fraction of sp³-hybridized carbons (Fsp3) is 0.188. The van der Waals surface area contributed by atoms with E-state index in [9.17, 15) is 17.6 Å². The molecule has 0 saturated carbocycles. The summed E-state index contributed by atoms with van der Waals surface area (Å²) >= 11 is 0. The van der Waals surface area contributed by atoms with Gasteiger partial charge in [-0.3, -0.25) is 0 Å². The van der Waals surface area contributed by atoms with Gasteiger partial charge in [-0.2, -0.15) is 0 Å². The van der Waals surface area contributed by atoms with E-state index < -0.39 is 26.7 Å². The summed E-state index contributed by atoms with van der Waals surface area (Å²) in [7, 11) is -2.70. The fourth-order valence-electron chi connectivity index (χ4n) is 1.96. The first-order valence-electron chi connectivity index (χ1n) is 7.13. The van der Waals surface area contributed by atoms with Gasteiger partial charge in [0.2, 0.25) is 10.0 Å². The van der Waals surface area contributed by atoms with Gasteiger partial charge in [0.25, 0.3) is 0 Å². The number of methoxy groups -OCH3 is 1. The van der Waals surface area contributed by atoms with Gasteiger partial charge in [0, 0.05) is 12.6 Å². The van der Waals surface area contributed by atoms with Gasteiger partial charge < -0.3 is 14.6 Å². The number of rotatable bonds is 8. The van der Waals surface area contributed by atoms with Crippen molar-refractivity contribution in [3.05, 3.63) is 53.8 Å². The van der Waals surface area contributed by atoms with Gasteiger partial charge in [-0.1, -0.05) is 6.07 Å². The molecule has 2 N–H and O–H groups in total.